The lowest BCUT2D eigenvalue weighted by Crippen LogP contribution is -2.66. The van der Waals surface area contributed by atoms with Gasteiger partial charge in [-0.05, 0) is 99.7 Å². The lowest BCUT2D eigenvalue weighted by Gasteiger charge is -2.65. The van der Waals surface area contributed by atoms with Crippen LogP contribution in [0.3, 0.4) is 0 Å². The molecule has 0 N–H and O–H groups in total. The van der Waals surface area contributed by atoms with E-state index in [4.69, 9.17) is 4.74 Å². The van der Waals surface area contributed by atoms with Crippen molar-refractivity contribution in [3.63, 3.8) is 0 Å². The molecule has 9 atom stereocenters. The van der Waals surface area contributed by atoms with E-state index in [1.807, 2.05) is 0 Å². The van der Waals surface area contributed by atoms with Crippen LogP contribution < -0.4 is 0 Å². The van der Waals surface area contributed by atoms with Crippen molar-refractivity contribution in [3.8, 4) is 0 Å². The fourth-order valence-corrected chi connectivity index (χ4v) is 9.13. The van der Waals surface area contributed by atoms with Crippen LogP contribution in [0.1, 0.15) is 91.4 Å². The van der Waals surface area contributed by atoms with E-state index in [-0.39, 0.29) is 18.1 Å². The van der Waals surface area contributed by atoms with Gasteiger partial charge in [-0.3, -0.25) is 4.79 Å². The monoisotopic (exact) mass is 419 g/mol. The maximum atomic E-state index is 13.5. The zero-order valence-electron chi connectivity index (χ0n) is 19.4. The zero-order chi connectivity index (χ0) is 21.1. The number of halogens is 1. The fraction of sp³-hybridized carbons (Fsp3) is 0.962. The average molecular weight is 420 g/mol. The molecule has 0 aromatic carbocycles. The number of rotatable bonds is 1. The molecular formula is C26H42FNO2. The molecule has 4 heteroatoms. The Bertz CT molecular complexity index is 661. The van der Waals surface area contributed by atoms with Gasteiger partial charge in [-0.2, -0.15) is 0 Å². The molecule has 0 spiro atoms. The summed E-state index contributed by atoms with van der Waals surface area (Å²) in [5, 5.41) is 0. The van der Waals surface area contributed by atoms with Crippen LogP contribution in [-0.2, 0) is 9.53 Å². The second-order valence-electron chi connectivity index (χ2n) is 12.0. The quantitative estimate of drug-likeness (QED) is 0.540. The highest BCUT2D eigenvalue weighted by molar-refractivity contribution is 5.82. The molecule has 1 amide bonds. The van der Waals surface area contributed by atoms with Crippen LogP contribution in [0.4, 0.5) is 4.39 Å². The van der Waals surface area contributed by atoms with Crippen molar-refractivity contribution < 1.29 is 13.9 Å². The van der Waals surface area contributed by atoms with E-state index in [1.165, 1.54) is 44.9 Å². The summed E-state index contributed by atoms with van der Waals surface area (Å²) in [4.78, 5) is 15.7. The first-order chi connectivity index (χ1) is 14.3. The van der Waals surface area contributed by atoms with E-state index in [0.717, 1.165) is 43.1 Å². The van der Waals surface area contributed by atoms with E-state index in [1.54, 1.807) is 0 Å². The number of ether oxygens (including phenoxy) is 1. The zero-order valence-corrected chi connectivity index (χ0v) is 19.4. The van der Waals surface area contributed by atoms with Gasteiger partial charge in [-0.25, -0.2) is 4.39 Å². The largest absolute Gasteiger partial charge is 0.365 e. The molecule has 3 aliphatic carbocycles. The third kappa shape index (κ3) is 3.18. The molecule has 5 fully saturated rings. The molecule has 2 saturated heterocycles. The highest BCUT2D eigenvalue weighted by atomic mass is 19.1. The van der Waals surface area contributed by atoms with Crippen molar-refractivity contribution in [2.45, 2.75) is 109 Å². The number of likely N-dealkylation sites (tertiary alicyclic amines) is 1. The van der Waals surface area contributed by atoms with Gasteiger partial charge in [-0.15, -0.1) is 0 Å². The Kier molecular flexibility index (Phi) is 5.48. The van der Waals surface area contributed by atoms with Crippen molar-refractivity contribution >= 4 is 5.91 Å². The number of carbonyl (C=O) groups is 1. The second kappa shape index (κ2) is 7.74. The molecule has 0 radical (unpaired) electrons. The van der Waals surface area contributed by atoms with Gasteiger partial charge in [0, 0.05) is 12.1 Å². The lowest BCUT2D eigenvalue weighted by atomic mass is 9.44. The van der Waals surface area contributed by atoms with Crippen molar-refractivity contribution in [1.82, 2.24) is 4.90 Å². The summed E-state index contributed by atoms with van der Waals surface area (Å²) in [5.41, 5.74) is 0.479. The van der Waals surface area contributed by atoms with Gasteiger partial charge in [0.05, 0.1) is 6.61 Å². The number of alkyl halides is 1. The Morgan fingerprint density at radius 2 is 1.77 bits per heavy atom. The molecule has 5 rings (SSSR count). The molecule has 3 saturated carbocycles. The molecule has 0 bridgehead atoms. The van der Waals surface area contributed by atoms with Crippen molar-refractivity contribution in [3.05, 3.63) is 0 Å². The minimum atomic E-state index is -0.900. The third-order valence-corrected chi connectivity index (χ3v) is 10.6. The van der Waals surface area contributed by atoms with E-state index in [2.05, 4.69) is 25.7 Å². The van der Waals surface area contributed by atoms with Gasteiger partial charge in [0.15, 0.2) is 0 Å². The Morgan fingerprint density at radius 3 is 2.53 bits per heavy atom. The van der Waals surface area contributed by atoms with Crippen molar-refractivity contribution in [1.29, 1.82) is 0 Å². The Morgan fingerprint density at radius 1 is 0.933 bits per heavy atom. The molecule has 2 heterocycles. The van der Waals surface area contributed by atoms with Gasteiger partial charge >= 0.3 is 0 Å². The molecule has 5 aliphatic rings. The summed E-state index contributed by atoms with van der Waals surface area (Å²) in [7, 11) is 0. The number of carbonyl (C=O) groups excluding carboxylic acids is 1. The summed E-state index contributed by atoms with van der Waals surface area (Å²) in [6, 6.07) is 0. The Balaban J connectivity index is 1.37. The summed E-state index contributed by atoms with van der Waals surface area (Å²) in [5.74, 6) is 4.17. The second-order valence-corrected chi connectivity index (χ2v) is 12.0. The molecular weight excluding hydrogens is 377 g/mol. The van der Waals surface area contributed by atoms with Crippen LogP contribution in [0.15, 0.2) is 0 Å². The summed E-state index contributed by atoms with van der Waals surface area (Å²) < 4.78 is 19.2. The third-order valence-electron chi connectivity index (χ3n) is 10.6. The number of piperidine rings is 1. The summed E-state index contributed by atoms with van der Waals surface area (Å²) >= 11 is 0. The highest BCUT2D eigenvalue weighted by Gasteiger charge is 2.60. The van der Waals surface area contributed by atoms with Crippen molar-refractivity contribution in [2.24, 2.45) is 35.0 Å². The number of nitrogens with zero attached hydrogens (tertiary/aromatic N) is 1. The standard InChI is InChI=1S/C26H42FNO2/c1-17-6-4-13-25(2)20(17)10-9-19-21(25)12-14-26(3)22(19)7-5-15-28(26)24(29)23-11-8-18(27)16-30-23/h17-23H,4-16H2,1-3H3. The summed E-state index contributed by atoms with van der Waals surface area (Å²) in [6.07, 6.45) is 11.5. The number of amides is 1. The van der Waals surface area contributed by atoms with Gasteiger partial charge in [0.25, 0.3) is 5.91 Å². The lowest BCUT2D eigenvalue weighted by molar-refractivity contribution is -0.178. The smallest absolute Gasteiger partial charge is 0.252 e. The minimum Gasteiger partial charge on any atom is -0.365 e. The van der Waals surface area contributed by atoms with Crippen LogP contribution >= 0.6 is 0 Å². The topological polar surface area (TPSA) is 29.5 Å². The maximum Gasteiger partial charge on any atom is 0.252 e. The fourth-order valence-electron chi connectivity index (χ4n) is 9.13. The van der Waals surface area contributed by atoms with E-state index >= 15 is 0 Å². The average Bonchev–Trinajstić information content (AvgIpc) is 2.72. The first kappa shape index (κ1) is 21.2. The predicted octanol–water partition coefficient (Wildman–Crippen LogP) is 5.76. The predicted molar refractivity (Wildman–Crippen MR) is 117 cm³/mol. The van der Waals surface area contributed by atoms with Gasteiger partial charge in [0.2, 0.25) is 0 Å². The molecule has 0 aromatic rings. The van der Waals surface area contributed by atoms with Crippen LogP contribution in [0.5, 0.6) is 0 Å². The van der Waals surface area contributed by atoms with Gasteiger partial charge < -0.3 is 9.64 Å². The number of fused-ring (bicyclic) bond motifs is 5. The highest BCUT2D eigenvalue weighted by Crippen LogP contribution is 2.64. The molecule has 9 unspecified atom stereocenters. The molecule has 2 aliphatic heterocycles. The van der Waals surface area contributed by atoms with Crippen LogP contribution in [0.25, 0.3) is 0 Å². The van der Waals surface area contributed by atoms with Crippen LogP contribution in [0, 0.1) is 35.0 Å². The van der Waals surface area contributed by atoms with Gasteiger partial charge in [-0.1, -0.05) is 26.7 Å². The van der Waals surface area contributed by atoms with E-state index < -0.39 is 12.3 Å². The Labute approximate surface area is 182 Å². The van der Waals surface area contributed by atoms with E-state index in [9.17, 15) is 9.18 Å². The minimum absolute atomic E-state index is 0.0318. The first-order valence-corrected chi connectivity index (χ1v) is 12.9. The Hall–Kier alpha value is -0.640. The summed E-state index contributed by atoms with van der Waals surface area (Å²) in [6.45, 7) is 8.46. The molecule has 0 aromatic heterocycles. The van der Waals surface area contributed by atoms with Crippen LogP contribution in [-0.4, -0.2) is 41.8 Å². The number of hydrogen-bond donors (Lipinski definition) is 0. The SMILES string of the molecule is CC1CCCC2(C)C1CCC1C2CCC2(C)C1CCCN2C(=O)C1CCC(F)CO1. The first-order valence-electron chi connectivity index (χ1n) is 12.9. The maximum absolute atomic E-state index is 13.5. The van der Waals surface area contributed by atoms with Gasteiger partial charge in [0.1, 0.15) is 12.3 Å². The molecule has 3 nitrogen and oxygen atoms in total. The van der Waals surface area contributed by atoms with Crippen LogP contribution in [0.2, 0.25) is 0 Å². The molecule has 170 valence electrons. The number of hydrogen-bond acceptors (Lipinski definition) is 2. The normalized spacial score (nSPS) is 51.5. The van der Waals surface area contributed by atoms with E-state index in [0.29, 0.717) is 24.2 Å². The van der Waals surface area contributed by atoms with Crippen molar-refractivity contribution in [2.75, 3.05) is 13.2 Å². The molecule has 30 heavy (non-hydrogen) atoms.